The minimum Gasteiger partial charge on any atom is -0.473 e. The lowest BCUT2D eigenvalue weighted by Crippen LogP contribution is -1.16. The van der Waals surface area contributed by atoms with Crippen molar-refractivity contribution < 1.29 is 13.0 Å². The Hall–Kier alpha value is -1.42. The minimum absolute atomic E-state index is 1.62. The average molecular weight is 184 g/mol. The molecule has 0 N–H and O–H groups in total. The molecule has 0 saturated carbocycles. The van der Waals surface area contributed by atoms with Gasteiger partial charge in [-0.25, -0.2) is 0 Å². The largest absolute Gasteiger partial charge is 0.473 e. The molecule has 0 spiro atoms. The highest BCUT2D eigenvalue weighted by atomic mass is 32.1. The van der Waals surface area contributed by atoms with Crippen LogP contribution in [0, 0.1) is 0 Å². The fourth-order valence-electron chi connectivity index (χ4n) is 0.454. The average Bonchev–Trinajstić information content (AvgIpc) is 2.87. The van der Waals surface area contributed by atoms with Crippen LogP contribution in [0.25, 0.3) is 0 Å². The van der Waals surface area contributed by atoms with Crippen LogP contribution in [-0.4, -0.2) is 4.21 Å². The van der Waals surface area contributed by atoms with Crippen molar-refractivity contribution in [3.8, 4) is 0 Å². The standard InChI is InChI=1S/2C4H4O.OS/c2*1-2-4-5-3-1;1-2/h2*1-4H;. The van der Waals surface area contributed by atoms with Crippen LogP contribution in [-0.2, 0) is 12.5 Å². The normalized spacial score (nSPS) is 7.00. The molecule has 2 heterocycles. The highest BCUT2D eigenvalue weighted by molar-refractivity contribution is 7.44. The number of hydrogen-bond acceptors (Lipinski definition) is 4. The van der Waals surface area contributed by atoms with E-state index in [4.69, 9.17) is 4.21 Å². The Morgan fingerprint density at radius 1 is 0.667 bits per heavy atom. The molecular formula is C8H8O3S. The van der Waals surface area contributed by atoms with Gasteiger partial charge in [0.15, 0.2) is 12.5 Å². The molecule has 2 aromatic rings. The zero-order chi connectivity index (χ0) is 9.07. The van der Waals surface area contributed by atoms with Crippen LogP contribution in [0.5, 0.6) is 0 Å². The summed E-state index contributed by atoms with van der Waals surface area (Å²) in [5, 5.41) is 0. The van der Waals surface area contributed by atoms with Crippen LogP contribution >= 0.6 is 0 Å². The summed E-state index contributed by atoms with van der Waals surface area (Å²) < 4.78 is 17.0. The lowest BCUT2D eigenvalue weighted by Gasteiger charge is -1.50. The van der Waals surface area contributed by atoms with Crippen molar-refractivity contribution in [2.24, 2.45) is 0 Å². The molecular weight excluding hydrogens is 176 g/mol. The van der Waals surface area contributed by atoms with Crippen molar-refractivity contribution in [3.63, 3.8) is 0 Å². The monoisotopic (exact) mass is 184 g/mol. The van der Waals surface area contributed by atoms with E-state index in [-0.39, 0.29) is 0 Å². The maximum Gasteiger partial charge on any atom is 0.197 e. The van der Waals surface area contributed by atoms with E-state index in [1.807, 2.05) is 24.3 Å². The van der Waals surface area contributed by atoms with Crippen molar-refractivity contribution in [1.29, 1.82) is 0 Å². The van der Waals surface area contributed by atoms with Gasteiger partial charge in [0, 0.05) is 0 Å². The van der Waals surface area contributed by atoms with E-state index in [1.54, 1.807) is 25.1 Å². The molecule has 0 atom stereocenters. The fraction of sp³-hybridized carbons (Fsp3) is 0. The van der Waals surface area contributed by atoms with Crippen LogP contribution in [0.2, 0.25) is 0 Å². The first-order valence-electron chi connectivity index (χ1n) is 3.11. The first kappa shape index (κ1) is 10.6. The van der Waals surface area contributed by atoms with Crippen molar-refractivity contribution in [1.82, 2.24) is 0 Å². The van der Waals surface area contributed by atoms with Crippen molar-refractivity contribution in [2.45, 2.75) is 0 Å². The molecule has 0 aliphatic heterocycles. The maximum absolute atomic E-state index is 7.83. The Kier molecular flexibility index (Phi) is 8.45. The molecule has 0 saturated heterocycles. The van der Waals surface area contributed by atoms with Crippen molar-refractivity contribution >= 4 is 12.5 Å². The lowest BCUT2D eigenvalue weighted by molar-refractivity contribution is 0.567. The Morgan fingerprint density at radius 2 is 0.917 bits per heavy atom. The summed E-state index contributed by atoms with van der Waals surface area (Å²) in [5.41, 5.74) is 0. The van der Waals surface area contributed by atoms with Gasteiger partial charge in [-0.05, 0) is 24.3 Å². The van der Waals surface area contributed by atoms with Crippen molar-refractivity contribution in [3.05, 3.63) is 49.3 Å². The van der Waals surface area contributed by atoms with Crippen LogP contribution in [0.4, 0.5) is 0 Å². The quantitative estimate of drug-likeness (QED) is 0.629. The van der Waals surface area contributed by atoms with E-state index in [2.05, 4.69) is 21.4 Å². The van der Waals surface area contributed by atoms with E-state index in [0.717, 1.165) is 0 Å². The summed E-state index contributed by atoms with van der Waals surface area (Å²) in [5.74, 6) is 0. The maximum atomic E-state index is 7.83. The highest BCUT2D eigenvalue weighted by Crippen LogP contribution is 1.80. The molecule has 3 nitrogen and oxygen atoms in total. The molecule has 0 aliphatic rings. The van der Waals surface area contributed by atoms with Crippen LogP contribution in [0.3, 0.4) is 0 Å². The molecule has 0 aromatic carbocycles. The first-order valence-corrected chi connectivity index (χ1v) is 3.44. The molecule has 0 radical (unpaired) electrons. The molecule has 0 aliphatic carbocycles. The summed E-state index contributed by atoms with van der Waals surface area (Å²) in [6, 6.07) is 7.33. The molecule has 64 valence electrons. The predicted octanol–water partition coefficient (Wildman–Crippen LogP) is 2.22. The molecule has 2 rings (SSSR count). The van der Waals surface area contributed by atoms with E-state index >= 15 is 0 Å². The highest BCUT2D eigenvalue weighted by Gasteiger charge is 1.59. The van der Waals surface area contributed by atoms with Crippen molar-refractivity contribution in [2.75, 3.05) is 0 Å². The fourth-order valence-corrected chi connectivity index (χ4v) is 0.454. The van der Waals surface area contributed by atoms with Crippen LogP contribution in [0.1, 0.15) is 0 Å². The molecule has 2 aromatic heterocycles. The second-order valence-electron chi connectivity index (χ2n) is 1.59. The Morgan fingerprint density at radius 3 is 1.00 bits per heavy atom. The zero-order valence-corrected chi connectivity index (χ0v) is 7.07. The van der Waals surface area contributed by atoms with Gasteiger partial charge in [0.05, 0.1) is 25.1 Å². The molecule has 0 bridgehead atoms. The summed E-state index contributed by atoms with van der Waals surface area (Å²) in [6.07, 6.45) is 6.50. The van der Waals surface area contributed by atoms with Gasteiger partial charge in [0.25, 0.3) is 0 Å². The third-order valence-electron chi connectivity index (χ3n) is 0.851. The molecule has 0 unspecified atom stereocenters. The molecule has 12 heavy (non-hydrogen) atoms. The second kappa shape index (κ2) is 9.58. The van der Waals surface area contributed by atoms with E-state index < -0.39 is 0 Å². The number of hydrogen-bond donors (Lipinski definition) is 0. The third kappa shape index (κ3) is 6.70. The van der Waals surface area contributed by atoms with Gasteiger partial charge in [0.1, 0.15) is 0 Å². The van der Waals surface area contributed by atoms with Gasteiger partial charge in [0.2, 0.25) is 0 Å². The van der Waals surface area contributed by atoms with Gasteiger partial charge in [-0.15, -0.1) is 0 Å². The summed E-state index contributed by atoms with van der Waals surface area (Å²) >= 11 is 2.83. The van der Waals surface area contributed by atoms with Gasteiger partial charge in [-0.3, -0.25) is 0 Å². The number of rotatable bonds is 0. The topological polar surface area (TPSA) is 43.4 Å². The predicted molar refractivity (Wildman–Crippen MR) is 45.6 cm³/mol. The summed E-state index contributed by atoms with van der Waals surface area (Å²) in [4.78, 5) is 0. The Bertz CT molecular complexity index is 166. The molecule has 0 fully saturated rings. The summed E-state index contributed by atoms with van der Waals surface area (Å²) in [6.45, 7) is 0. The van der Waals surface area contributed by atoms with Gasteiger partial charge in [-0.2, -0.15) is 4.21 Å². The smallest absolute Gasteiger partial charge is 0.197 e. The van der Waals surface area contributed by atoms with Crippen LogP contribution in [0.15, 0.2) is 58.2 Å². The Balaban J connectivity index is 0.000000168. The number of furan rings is 2. The van der Waals surface area contributed by atoms with Crippen LogP contribution < -0.4 is 0 Å². The SMILES string of the molecule is O=S.c1ccoc1.c1ccoc1. The first-order chi connectivity index (χ1) is 6.00. The van der Waals surface area contributed by atoms with E-state index in [9.17, 15) is 0 Å². The van der Waals surface area contributed by atoms with Gasteiger partial charge >= 0.3 is 0 Å². The van der Waals surface area contributed by atoms with Gasteiger partial charge in [-0.1, -0.05) is 0 Å². The zero-order valence-electron chi connectivity index (χ0n) is 6.25. The van der Waals surface area contributed by atoms with Gasteiger partial charge < -0.3 is 8.83 Å². The molecule has 0 amide bonds. The summed E-state index contributed by atoms with van der Waals surface area (Å²) in [7, 11) is 0. The third-order valence-corrected chi connectivity index (χ3v) is 0.851. The van der Waals surface area contributed by atoms with E-state index in [1.165, 1.54) is 0 Å². The van der Waals surface area contributed by atoms with E-state index in [0.29, 0.717) is 0 Å². The second-order valence-corrected chi connectivity index (χ2v) is 1.59. The minimum atomic E-state index is 1.62. The Labute approximate surface area is 75.5 Å². The molecule has 4 heteroatoms. The lowest BCUT2D eigenvalue weighted by atomic mass is 10.7.